The van der Waals surface area contributed by atoms with Gasteiger partial charge in [0.1, 0.15) is 5.52 Å². The molecule has 0 radical (unpaired) electrons. The highest BCUT2D eigenvalue weighted by Gasteiger charge is 2.43. The van der Waals surface area contributed by atoms with Crippen molar-refractivity contribution < 1.29 is 14.6 Å². The second-order valence-electron chi connectivity index (χ2n) is 5.57. The van der Waals surface area contributed by atoms with Crippen LogP contribution in [0.4, 0.5) is 0 Å². The van der Waals surface area contributed by atoms with Gasteiger partial charge in [-0.3, -0.25) is 9.36 Å². The molecule has 0 unspecified atom stereocenters. The van der Waals surface area contributed by atoms with Gasteiger partial charge in [-0.2, -0.15) is 9.64 Å². The summed E-state index contributed by atoms with van der Waals surface area (Å²) >= 11 is 0.870. The summed E-state index contributed by atoms with van der Waals surface area (Å²) in [5.74, 6) is -0.735. The lowest BCUT2D eigenvalue weighted by molar-refractivity contribution is -0.0703. The van der Waals surface area contributed by atoms with Gasteiger partial charge in [-0.05, 0) is 31.3 Å². The molecule has 0 amide bonds. The zero-order valence-corrected chi connectivity index (χ0v) is 13.2. The smallest absolute Gasteiger partial charge is 0.352 e. The lowest BCUT2D eigenvalue weighted by atomic mass is 9.71. The van der Waals surface area contributed by atoms with Crippen LogP contribution in [0, 0.1) is 17.2 Å². The average Bonchev–Trinajstić information content (AvgIpc) is 2.92. The lowest BCUT2D eigenvalue weighted by Crippen LogP contribution is -2.48. The molecule has 2 aromatic heterocycles. The summed E-state index contributed by atoms with van der Waals surface area (Å²) in [6, 6.07) is 2.09. The molecule has 0 aromatic carbocycles. The largest absolute Gasteiger partial charge is 0.462 e. The number of nitriles is 1. The molecule has 0 saturated heterocycles. The molecule has 2 aromatic rings. The minimum absolute atomic E-state index is 0.0548. The third-order valence-electron chi connectivity index (χ3n) is 3.82. The third-order valence-corrected chi connectivity index (χ3v) is 4.63. The summed E-state index contributed by atoms with van der Waals surface area (Å²) in [4.78, 5) is 28.5. The van der Waals surface area contributed by atoms with Gasteiger partial charge in [-0.25, -0.2) is 9.78 Å². The molecule has 2 heterocycles. The van der Waals surface area contributed by atoms with E-state index in [1.165, 1.54) is 10.9 Å². The Kier molecular flexibility index (Phi) is 3.87. The lowest BCUT2D eigenvalue weighted by Gasteiger charge is -2.40. The molecule has 0 aliphatic heterocycles. The molecule has 1 fully saturated rings. The molecular weight excluding hydrogens is 320 g/mol. The van der Waals surface area contributed by atoms with Gasteiger partial charge in [-0.1, -0.05) is 0 Å². The second-order valence-corrected chi connectivity index (χ2v) is 6.34. The van der Waals surface area contributed by atoms with E-state index in [1.54, 1.807) is 6.92 Å². The van der Waals surface area contributed by atoms with Crippen molar-refractivity contribution in [2.75, 3.05) is 6.61 Å². The molecule has 1 saturated carbocycles. The van der Waals surface area contributed by atoms with Gasteiger partial charge in [0.05, 0.1) is 37.1 Å². The number of hydrogen-bond donors (Lipinski definition) is 1. The normalized spacial score (nSPS) is 23.3. The van der Waals surface area contributed by atoms with E-state index in [9.17, 15) is 14.7 Å². The van der Waals surface area contributed by atoms with Crippen LogP contribution < -0.4 is 5.56 Å². The predicted octanol–water partition coefficient (Wildman–Crippen LogP) is 0.694. The Labute approximate surface area is 135 Å². The summed E-state index contributed by atoms with van der Waals surface area (Å²) in [6.45, 7) is 1.97. The van der Waals surface area contributed by atoms with Crippen molar-refractivity contribution in [2.24, 2.45) is 5.92 Å². The maximum absolute atomic E-state index is 12.4. The Hall–Kier alpha value is -2.31. The number of carbonyl (C=O) groups is 1. The van der Waals surface area contributed by atoms with E-state index in [-0.39, 0.29) is 35.0 Å². The van der Waals surface area contributed by atoms with Crippen LogP contribution in [0.3, 0.4) is 0 Å². The quantitative estimate of drug-likeness (QED) is 0.817. The van der Waals surface area contributed by atoms with Gasteiger partial charge in [0.2, 0.25) is 0 Å². The van der Waals surface area contributed by atoms with Crippen LogP contribution in [0.1, 0.15) is 29.4 Å². The first kappa shape index (κ1) is 15.6. The van der Waals surface area contributed by atoms with Gasteiger partial charge in [0.25, 0.3) is 5.56 Å². The molecule has 1 aliphatic carbocycles. The van der Waals surface area contributed by atoms with Crippen LogP contribution >= 0.6 is 11.5 Å². The zero-order valence-electron chi connectivity index (χ0n) is 12.4. The summed E-state index contributed by atoms with van der Waals surface area (Å²) in [7, 11) is 0. The third kappa shape index (κ3) is 2.71. The van der Waals surface area contributed by atoms with Gasteiger partial charge < -0.3 is 9.84 Å². The number of ether oxygens (including phenoxy) is 1. The van der Waals surface area contributed by atoms with Crippen LogP contribution in [0.15, 0.2) is 11.1 Å². The van der Waals surface area contributed by atoms with Crippen LogP contribution in [0.5, 0.6) is 0 Å². The number of aliphatic hydroxyl groups is 1. The van der Waals surface area contributed by atoms with Crippen LogP contribution in [0.2, 0.25) is 0 Å². The van der Waals surface area contributed by atoms with Gasteiger partial charge in [-0.15, -0.1) is 0 Å². The minimum atomic E-state index is -1.07. The number of aromatic nitrogens is 3. The van der Waals surface area contributed by atoms with E-state index in [0.717, 1.165) is 11.5 Å². The fraction of sp³-hybridized carbons (Fsp3) is 0.500. The molecule has 0 bridgehead atoms. The summed E-state index contributed by atoms with van der Waals surface area (Å²) in [5.41, 5.74) is -1.19. The molecule has 0 atom stereocenters. The highest BCUT2D eigenvalue weighted by Crippen LogP contribution is 2.38. The second kappa shape index (κ2) is 5.72. The number of rotatable bonds is 4. The van der Waals surface area contributed by atoms with E-state index in [1.807, 2.05) is 0 Å². The van der Waals surface area contributed by atoms with Crippen molar-refractivity contribution in [3.05, 3.63) is 21.6 Å². The fourth-order valence-electron chi connectivity index (χ4n) is 2.70. The van der Waals surface area contributed by atoms with Gasteiger partial charge in [0, 0.05) is 0 Å². The minimum Gasteiger partial charge on any atom is -0.462 e. The van der Waals surface area contributed by atoms with E-state index < -0.39 is 17.1 Å². The van der Waals surface area contributed by atoms with Gasteiger partial charge >= 0.3 is 5.97 Å². The first-order valence-corrected chi connectivity index (χ1v) is 7.88. The van der Waals surface area contributed by atoms with E-state index in [0.29, 0.717) is 12.8 Å². The number of fused-ring (bicyclic) bond motifs is 1. The molecule has 9 heteroatoms. The average molecular weight is 334 g/mol. The van der Waals surface area contributed by atoms with Crippen molar-refractivity contribution in [2.45, 2.75) is 31.9 Å². The van der Waals surface area contributed by atoms with Crippen LogP contribution in [-0.4, -0.2) is 37.2 Å². The Bertz CT molecular complexity index is 860. The highest BCUT2D eigenvalue weighted by molar-refractivity contribution is 7.09. The van der Waals surface area contributed by atoms with Crippen molar-refractivity contribution in [3.8, 4) is 6.07 Å². The summed E-state index contributed by atoms with van der Waals surface area (Å²) in [5, 5.41) is 19.1. The number of esters is 1. The van der Waals surface area contributed by atoms with Crippen molar-refractivity contribution in [1.82, 2.24) is 13.9 Å². The maximum atomic E-state index is 12.4. The van der Waals surface area contributed by atoms with Crippen LogP contribution in [-0.2, 0) is 11.3 Å². The maximum Gasteiger partial charge on any atom is 0.352 e. The van der Waals surface area contributed by atoms with Gasteiger partial charge in [0.15, 0.2) is 10.4 Å². The monoisotopic (exact) mass is 334 g/mol. The molecule has 1 aliphatic rings. The Morgan fingerprint density at radius 1 is 1.61 bits per heavy atom. The molecule has 23 heavy (non-hydrogen) atoms. The summed E-state index contributed by atoms with van der Waals surface area (Å²) in [6.07, 6.45) is 1.96. The fourth-order valence-corrected chi connectivity index (χ4v) is 3.42. The Morgan fingerprint density at radius 2 is 2.35 bits per heavy atom. The van der Waals surface area contributed by atoms with Crippen LogP contribution in [0.25, 0.3) is 11.0 Å². The molecule has 1 N–H and O–H groups in total. The standard InChI is InChI=1S/C14H14N4O4S/c1-2-22-13(20)11-9-10(17-23-11)12(19)18(7-16-9)6-14(21)3-8(4-14)5-15/h7-8,21H,2-4,6H2,1H3. The van der Waals surface area contributed by atoms with Crippen molar-refractivity contribution in [3.63, 3.8) is 0 Å². The summed E-state index contributed by atoms with van der Waals surface area (Å²) < 4.78 is 10.2. The van der Waals surface area contributed by atoms with E-state index in [2.05, 4.69) is 15.4 Å². The van der Waals surface area contributed by atoms with Crippen molar-refractivity contribution in [1.29, 1.82) is 5.26 Å². The SMILES string of the molecule is CCOC(=O)c1snc2c(=O)n(CC3(O)CC(C#N)C3)cnc12. The molecule has 3 rings (SSSR count). The Balaban J connectivity index is 1.90. The Morgan fingerprint density at radius 3 is 3.00 bits per heavy atom. The molecular formula is C14H14N4O4S. The van der Waals surface area contributed by atoms with E-state index in [4.69, 9.17) is 10.00 Å². The predicted molar refractivity (Wildman–Crippen MR) is 80.9 cm³/mol. The number of hydrogen-bond acceptors (Lipinski definition) is 8. The van der Waals surface area contributed by atoms with Crippen molar-refractivity contribution >= 4 is 28.5 Å². The topological polar surface area (TPSA) is 118 Å². The molecule has 0 spiro atoms. The van der Waals surface area contributed by atoms with E-state index >= 15 is 0 Å². The zero-order chi connectivity index (χ0) is 16.6. The number of nitrogens with zero attached hydrogens (tertiary/aromatic N) is 4. The first-order chi connectivity index (χ1) is 11.0. The molecule has 120 valence electrons. The molecule has 8 nitrogen and oxygen atoms in total. The number of carbonyl (C=O) groups excluding carboxylic acids is 1. The highest BCUT2D eigenvalue weighted by atomic mass is 32.1. The first-order valence-electron chi connectivity index (χ1n) is 7.11.